The van der Waals surface area contributed by atoms with Crippen LogP contribution in [-0.2, 0) is 4.79 Å². The van der Waals surface area contributed by atoms with Gasteiger partial charge in [-0.3, -0.25) is 9.69 Å². The predicted molar refractivity (Wildman–Crippen MR) is 69.5 cm³/mol. The molecule has 1 aliphatic rings. The Labute approximate surface area is 104 Å². The lowest BCUT2D eigenvalue weighted by Crippen LogP contribution is -2.57. The van der Waals surface area contributed by atoms with Crippen molar-refractivity contribution in [1.82, 2.24) is 15.5 Å². The lowest BCUT2D eigenvalue weighted by molar-refractivity contribution is -0.126. The summed E-state index contributed by atoms with van der Waals surface area (Å²) >= 11 is 0. The highest BCUT2D eigenvalue weighted by atomic mass is 16.2. The van der Waals surface area contributed by atoms with Gasteiger partial charge in [-0.2, -0.15) is 0 Å². The number of piperazine rings is 1. The number of amides is 1. The van der Waals surface area contributed by atoms with Crippen LogP contribution in [0.15, 0.2) is 0 Å². The Kier molecular flexibility index (Phi) is 4.98. The Morgan fingerprint density at radius 2 is 2.24 bits per heavy atom. The quantitative estimate of drug-likeness (QED) is 0.667. The summed E-state index contributed by atoms with van der Waals surface area (Å²) < 4.78 is 0. The topological polar surface area (TPSA) is 44.4 Å². The summed E-state index contributed by atoms with van der Waals surface area (Å²) in [4.78, 5) is 13.8. The number of nitrogens with zero attached hydrogens (tertiary/aromatic N) is 1. The number of carbonyl (C=O) groups excluding carboxylic acids is 1. The van der Waals surface area contributed by atoms with Crippen molar-refractivity contribution >= 4 is 5.91 Å². The van der Waals surface area contributed by atoms with Gasteiger partial charge in [-0.05, 0) is 20.8 Å². The molecule has 0 spiro atoms. The minimum atomic E-state index is -0.0944. The van der Waals surface area contributed by atoms with E-state index in [2.05, 4.69) is 48.1 Å². The average Bonchev–Trinajstić information content (AvgIpc) is 2.27. The molecular weight excluding hydrogens is 214 g/mol. The van der Waals surface area contributed by atoms with Crippen LogP contribution in [0.2, 0.25) is 0 Å². The third-order valence-corrected chi connectivity index (χ3v) is 2.65. The molecule has 1 rings (SSSR count). The average molecular weight is 237 g/mol. The summed E-state index contributed by atoms with van der Waals surface area (Å²) in [5, 5.41) is 5.94. The molecule has 4 heteroatoms. The van der Waals surface area contributed by atoms with E-state index in [-0.39, 0.29) is 17.4 Å². The fourth-order valence-corrected chi connectivity index (χ4v) is 1.77. The van der Waals surface area contributed by atoms with E-state index in [9.17, 15) is 4.79 Å². The molecule has 0 radical (unpaired) electrons. The highest BCUT2D eigenvalue weighted by Gasteiger charge is 2.26. The van der Waals surface area contributed by atoms with Crippen molar-refractivity contribution in [3.05, 3.63) is 0 Å². The van der Waals surface area contributed by atoms with Gasteiger partial charge in [0.25, 0.3) is 0 Å². The standard InChI is InChI=1S/C13H23N3O/c1-13(2,3)6-5-8-16-9-7-15-10-11(16)12(17)14-4/h11,15H,7-10H2,1-4H3,(H,14,17). The normalized spacial score (nSPS) is 21.5. The summed E-state index contributed by atoms with van der Waals surface area (Å²) in [5.74, 6) is 6.44. The first-order valence-corrected chi connectivity index (χ1v) is 6.10. The van der Waals surface area contributed by atoms with Gasteiger partial charge >= 0.3 is 0 Å². The Hall–Kier alpha value is -1.05. The van der Waals surface area contributed by atoms with Crippen LogP contribution in [0.3, 0.4) is 0 Å². The third kappa shape index (κ3) is 4.76. The first-order valence-electron chi connectivity index (χ1n) is 6.10. The van der Waals surface area contributed by atoms with Crippen molar-refractivity contribution < 1.29 is 4.79 Å². The van der Waals surface area contributed by atoms with E-state index in [1.807, 2.05) is 0 Å². The van der Waals surface area contributed by atoms with Crippen LogP contribution in [0.5, 0.6) is 0 Å². The molecule has 0 saturated carbocycles. The van der Waals surface area contributed by atoms with Gasteiger partial charge in [-0.1, -0.05) is 11.8 Å². The first-order chi connectivity index (χ1) is 7.94. The maximum atomic E-state index is 11.7. The number of hydrogen-bond acceptors (Lipinski definition) is 3. The van der Waals surface area contributed by atoms with Crippen molar-refractivity contribution in [2.75, 3.05) is 33.2 Å². The maximum Gasteiger partial charge on any atom is 0.238 e. The van der Waals surface area contributed by atoms with Gasteiger partial charge in [0.2, 0.25) is 5.91 Å². The lowest BCUT2D eigenvalue weighted by Gasteiger charge is -2.33. The van der Waals surface area contributed by atoms with E-state index >= 15 is 0 Å². The molecule has 0 aromatic carbocycles. The smallest absolute Gasteiger partial charge is 0.238 e. The molecule has 2 N–H and O–H groups in total. The molecule has 17 heavy (non-hydrogen) atoms. The Morgan fingerprint density at radius 1 is 1.53 bits per heavy atom. The van der Waals surface area contributed by atoms with Gasteiger partial charge in [0, 0.05) is 32.1 Å². The zero-order valence-corrected chi connectivity index (χ0v) is 11.3. The van der Waals surface area contributed by atoms with E-state index in [1.54, 1.807) is 7.05 Å². The molecule has 1 fully saturated rings. The molecule has 1 saturated heterocycles. The molecule has 0 bridgehead atoms. The molecule has 0 aromatic rings. The second-order valence-corrected chi connectivity index (χ2v) is 5.36. The van der Waals surface area contributed by atoms with Crippen LogP contribution in [0, 0.1) is 17.3 Å². The number of nitrogens with one attached hydrogen (secondary N) is 2. The zero-order valence-electron chi connectivity index (χ0n) is 11.3. The molecule has 0 aromatic heterocycles. The molecule has 1 amide bonds. The van der Waals surface area contributed by atoms with Crippen molar-refractivity contribution in [1.29, 1.82) is 0 Å². The molecular formula is C13H23N3O. The number of hydrogen-bond donors (Lipinski definition) is 2. The van der Waals surface area contributed by atoms with Gasteiger partial charge in [-0.15, -0.1) is 0 Å². The van der Waals surface area contributed by atoms with Crippen LogP contribution >= 0.6 is 0 Å². The Balaban J connectivity index is 2.59. The predicted octanol–water partition coefficient (Wildman–Crippen LogP) is 0.0557. The molecule has 1 heterocycles. The van der Waals surface area contributed by atoms with Gasteiger partial charge in [0.15, 0.2) is 0 Å². The molecule has 4 nitrogen and oxygen atoms in total. The van der Waals surface area contributed by atoms with Gasteiger partial charge in [0.05, 0.1) is 6.54 Å². The zero-order chi connectivity index (χ0) is 12.9. The first kappa shape index (κ1) is 14.0. The van der Waals surface area contributed by atoms with E-state index in [0.717, 1.165) is 13.1 Å². The second-order valence-electron chi connectivity index (χ2n) is 5.36. The maximum absolute atomic E-state index is 11.7. The van der Waals surface area contributed by atoms with E-state index in [0.29, 0.717) is 13.1 Å². The monoisotopic (exact) mass is 237 g/mol. The summed E-state index contributed by atoms with van der Waals surface area (Å²) in [7, 11) is 1.68. The van der Waals surface area contributed by atoms with Gasteiger partial charge in [0.1, 0.15) is 6.04 Å². The highest BCUT2D eigenvalue weighted by molar-refractivity contribution is 5.81. The van der Waals surface area contributed by atoms with Crippen molar-refractivity contribution in [2.24, 2.45) is 5.41 Å². The largest absolute Gasteiger partial charge is 0.358 e. The highest BCUT2D eigenvalue weighted by Crippen LogP contribution is 2.10. The number of likely N-dealkylation sites (N-methyl/N-ethyl adjacent to an activating group) is 1. The number of carbonyl (C=O) groups is 1. The van der Waals surface area contributed by atoms with Gasteiger partial charge < -0.3 is 10.6 Å². The fraction of sp³-hybridized carbons (Fsp3) is 0.769. The molecule has 0 aliphatic carbocycles. The lowest BCUT2D eigenvalue weighted by atomic mass is 9.98. The van der Waals surface area contributed by atoms with Crippen LogP contribution < -0.4 is 10.6 Å². The summed E-state index contributed by atoms with van der Waals surface area (Å²) in [6.45, 7) is 9.44. The minimum Gasteiger partial charge on any atom is -0.358 e. The molecule has 96 valence electrons. The van der Waals surface area contributed by atoms with Crippen molar-refractivity contribution in [3.8, 4) is 11.8 Å². The van der Waals surface area contributed by atoms with Crippen molar-refractivity contribution in [2.45, 2.75) is 26.8 Å². The van der Waals surface area contributed by atoms with E-state index < -0.39 is 0 Å². The fourth-order valence-electron chi connectivity index (χ4n) is 1.77. The van der Waals surface area contributed by atoms with Crippen LogP contribution in [0.1, 0.15) is 20.8 Å². The SMILES string of the molecule is CNC(=O)C1CNCCN1CC#CC(C)(C)C. The molecule has 1 atom stereocenters. The van der Waals surface area contributed by atoms with Crippen LogP contribution in [-0.4, -0.2) is 50.1 Å². The van der Waals surface area contributed by atoms with Crippen LogP contribution in [0.25, 0.3) is 0 Å². The molecule has 1 unspecified atom stereocenters. The number of rotatable bonds is 2. The van der Waals surface area contributed by atoms with E-state index in [4.69, 9.17) is 0 Å². The summed E-state index contributed by atoms with van der Waals surface area (Å²) in [6, 6.07) is -0.0944. The Morgan fingerprint density at radius 3 is 2.82 bits per heavy atom. The minimum absolute atomic E-state index is 0.0244. The summed E-state index contributed by atoms with van der Waals surface area (Å²) in [6.07, 6.45) is 0. The summed E-state index contributed by atoms with van der Waals surface area (Å²) in [5.41, 5.74) is 0.0244. The van der Waals surface area contributed by atoms with Crippen molar-refractivity contribution in [3.63, 3.8) is 0 Å². The van der Waals surface area contributed by atoms with E-state index in [1.165, 1.54) is 0 Å². The Bertz CT molecular complexity index is 322. The molecule has 1 aliphatic heterocycles. The van der Waals surface area contributed by atoms with Gasteiger partial charge in [-0.25, -0.2) is 0 Å². The van der Waals surface area contributed by atoms with Crippen LogP contribution in [0.4, 0.5) is 0 Å². The third-order valence-electron chi connectivity index (χ3n) is 2.65. The second kappa shape index (κ2) is 6.04.